The Labute approximate surface area is 192 Å². The van der Waals surface area contributed by atoms with Crippen LogP contribution in [-0.2, 0) is 11.4 Å². The number of nitrogens with zero attached hydrogens (tertiary/aromatic N) is 1. The van der Waals surface area contributed by atoms with E-state index in [9.17, 15) is 10.1 Å². The number of ether oxygens (including phenoxy) is 2. The molecule has 5 nitrogen and oxygen atoms in total. The van der Waals surface area contributed by atoms with Crippen LogP contribution in [0.4, 0.5) is 5.69 Å². The lowest BCUT2D eigenvalue weighted by Crippen LogP contribution is -2.13. The number of benzene rings is 4. The van der Waals surface area contributed by atoms with Gasteiger partial charge in [-0.3, -0.25) is 4.79 Å². The highest BCUT2D eigenvalue weighted by Gasteiger charge is 2.12. The van der Waals surface area contributed by atoms with Crippen molar-refractivity contribution in [2.45, 2.75) is 6.61 Å². The monoisotopic (exact) mass is 434 g/mol. The number of rotatable bonds is 7. The number of carbonyl (C=O) groups excluding carboxylic acids is 1. The van der Waals surface area contributed by atoms with Crippen molar-refractivity contribution in [3.8, 4) is 17.6 Å². The standard InChI is InChI=1S/C28H22N2O3/c1-32-27-16-11-21(25-9-5-6-10-26(25)27)17-22(18-29)28(31)30-23-12-14-24(15-13-23)33-19-20-7-3-2-4-8-20/h2-17H,19H2,1H3,(H,30,31)/b22-17+. The molecule has 4 rings (SSSR count). The molecule has 4 aromatic carbocycles. The van der Waals surface area contributed by atoms with E-state index in [-0.39, 0.29) is 5.57 Å². The average Bonchev–Trinajstić information content (AvgIpc) is 2.87. The molecule has 0 bridgehead atoms. The van der Waals surface area contributed by atoms with Gasteiger partial charge in [-0.2, -0.15) is 5.26 Å². The largest absolute Gasteiger partial charge is 0.496 e. The van der Waals surface area contributed by atoms with Crippen molar-refractivity contribution < 1.29 is 14.3 Å². The lowest BCUT2D eigenvalue weighted by molar-refractivity contribution is -0.112. The number of methoxy groups -OCH3 is 1. The Morgan fingerprint density at radius 1 is 0.909 bits per heavy atom. The van der Waals surface area contributed by atoms with E-state index < -0.39 is 5.91 Å². The molecule has 0 spiro atoms. The molecule has 162 valence electrons. The number of nitriles is 1. The highest BCUT2D eigenvalue weighted by molar-refractivity contribution is 6.11. The quantitative estimate of drug-likeness (QED) is 0.287. The summed E-state index contributed by atoms with van der Waals surface area (Å²) in [5, 5.41) is 14.2. The van der Waals surface area contributed by atoms with Gasteiger partial charge in [-0.15, -0.1) is 0 Å². The smallest absolute Gasteiger partial charge is 0.266 e. The second-order valence-corrected chi connectivity index (χ2v) is 7.33. The van der Waals surface area contributed by atoms with Crippen molar-refractivity contribution in [2.24, 2.45) is 0 Å². The average molecular weight is 434 g/mol. The zero-order valence-corrected chi connectivity index (χ0v) is 18.1. The predicted octanol–water partition coefficient (Wildman–Crippen LogP) is 5.97. The van der Waals surface area contributed by atoms with E-state index in [1.807, 2.05) is 72.8 Å². The molecule has 33 heavy (non-hydrogen) atoms. The first-order valence-electron chi connectivity index (χ1n) is 10.4. The van der Waals surface area contributed by atoms with Crippen molar-refractivity contribution in [1.29, 1.82) is 5.26 Å². The first kappa shape index (κ1) is 21.7. The zero-order chi connectivity index (χ0) is 23.0. The van der Waals surface area contributed by atoms with Gasteiger partial charge in [-0.25, -0.2) is 0 Å². The Hall–Kier alpha value is -4.56. The van der Waals surface area contributed by atoms with Crippen molar-refractivity contribution in [3.05, 3.63) is 108 Å². The molecule has 0 saturated carbocycles. The van der Waals surface area contributed by atoms with Crippen LogP contribution >= 0.6 is 0 Å². The third kappa shape index (κ3) is 5.20. The van der Waals surface area contributed by atoms with Gasteiger partial charge in [-0.05, 0) is 52.9 Å². The summed E-state index contributed by atoms with van der Waals surface area (Å²) in [5.74, 6) is 0.952. The van der Waals surface area contributed by atoms with Crippen molar-refractivity contribution >= 4 is 28.4 Å². The highest BCUT2D eigenvalue weighted by atomic mass is 16.5. The Bertz CT molecular complexity index is 1340. The van der Waals surface area contributed by atoms with Gasteiger partial charge in [0.25, 0.3) is 5.91 Å². The fourth-order valence-corrected chi connectivity index (χ4v) is 3.48. The van der Waals surface area contributed by atoms with E-state index in [1.165, 1.54) is 0 Å². The fourth-order valence-electron chi connectivity index (χ4n) is 3.48. The van der Waals surface area contributed by atoms with Gasteiger partial charge in [0.1, 0.15) is 29.7 Å². The number of amides is 1. The van der Waals surface area contributed by atoms with Gasteiger partial charge in [-0.1, -0.05) is 60.7 Å². The minimum atomic E-state index is -0.477. The molecule has 1 amide bonds. The fraction of sp³-hybridized carbons (Fsp3) is 0.0714. The van der Waals surface area contributed by atoms with E-state index in [0.717, 1.165) is 27.6 Å². The number of anilines is 1. The van der Waals surface area contributed by atoms with Crippen LogP contribution in [0.5, 0.6) is 11.5 Å². The number of fused-ring (bicyclic) bond motifs is 1. The van der Waals surface area contributed by atoms with Gasteiger partial charge in [0.15, 0.2) is 0 Å². The van der Waals surface area contributed by atoms with Crippen molar-refractivity contribution in [3.63, 3.8) is 0 Å². The molecule has 0 radical (unpaired) electrons. The number of carbonyl (C=O) groups is 1. The second-order valence-electron chi connectivity index (χ2n) is 7.33. The molecule has 0 saturated heterocycles. The normalized spacial score (nSPS) is 11.0. The molecule has 0 aliphatic heterocycles. The Kier molecular flexibility index (Phi) is 6.67. The maximum absolute atomic E-state index is 12.7. The van der Waals surface area contributed by atoms with Gasteiger partial charge in [0.05, 0.1) is 7.11 Å². The third-order valence-electron chi connectivity index (χ3n) is 5.16. The Morgan fingerprint density at radius 3 is 2.30 bits per heavy atom. The molecule has 5 heteroatoms. The Morgan fingerprint density at radius 2 is 1.61 bits per heavy atom. The topological polar surface area (TPSA) is 71.3 Å². The van der Waals surface area contributed by atoms with Crippen LogP contribution in [0.25, 0.3) is 16.8 Å². The van der Waals surface area contributed by atoms with Crippen LogP contribution in [0.1, 0.15) is 11.1 Å². The van der Waals surface area contributed by atoms with Gasteiger partial charge < -0.3 is 14.8 Å². The summed E-state index contributed by atoms with van der Waals surface area (Å²) in [4.78, 5) is 12.7. The van der Waals surface area contributed by atoms with Crippen LogP contribution < -0.4 is 14.8 Å². The van der Waals surface area contributed by atoms with Gasteiger partial charge in [0.2, 0.25) is 0 Å². The molecule has 0 aliphatic rings. The van der Waals surface area contributed by atoms with Crippen LogP contribution in [-0.4, -0.2) is 13.0 Å². The number of hydrogen-bond acceptors (Lipinski definition) is 4. The van der Waals surface area contributed by atoms with E-state index in [0.29, 0.717) is 18.0 Å². The molecule has 0 unspecified atom stereocenters. The molecule has 4 aromatic rings. The molecule has 0 aromatic heterocycles. The van der Waals surface area contributed by atoms with Crippen molar-refractivity contribution in [2.75, 3.05) is 12.4 Å². The first-order chi connectivity index (χ1) is 16.2. The lowest BCUT2D eigenvalue weighted by atomic mass is 10.0. The van der Waals surface area contributed by atoms with E-state index in [1.54, 1.807) is 37.5 Å². The van der Waals surface area contributed by atoms with Crippen LogP contribution in [0.3, 0.4) is 0 Å². The highest BCUT2D eigenvalue weighted by Crippen LogP contribution is 2.29. The summed E-state index contributed by atoms with van der Waals surface area (Å²) in [6, 6.07) is 30.3. The molecule has 0 fully saturated rings. The van der Waals surface area contributed by atoms with E-state index >= 15 is 0 Å². The summed E-state index contributed by atoms with van der Waals surface area (Å²) >= 11 is 0. The molecule has 0 aliphatic carbocycles. The van der Waals surface area contributed by atoms with E-state index in [2.05, 4.69) is 5.32 Å². The summed E-state index contributed by atoms with van der Waals surface area (Å²) in [5.41, 5.74) is 2.43. The molecule has 1 N–H and O–H groups in total. The Balaban J connectivity index is 1.48. The van der Waals surface area contributed by atoms with Gasteiger partial charge in [0, 0.05) is 11.1 Å². The maximum atomic E-state index is 12.7. The van der Waals surface area contributed by atoms with Crippen molar-refractivity contribution in [1.82, 2.24) is 0 Å². The second kappa shape index (κ2) is 10.2. The summed E-state index contributed by atoms with van der Waals surface area (Å²) in [6.07, 6.45) is 1.59. The van der Waals surface area contributed by atoms with Crippen LogP contribution in [0.2, 0.25) is 0 Å². The molecule has 0 heterocycles. The number of hydrogen-bond donors (Lipinski definition) is 1. The van der Waals surface area contributed by atoms with Crippen LogP contribution in [0.15, 0.2) is 96.6 Å². The molecular weight excluding hydrogens is 412 g/mol. The SMILES string of the molecule is COc1ccc(/C=C(\C#N)C(=O)Nc2ccc(OCc3ccccc3)cc2)c2ccccc12. The van der Waals surface area contributed by atoms with Crippen LogP contribution in [0, 0.1) is 11.3 Å². The van der Waals surface area contributed by atoms with Gasteiger partial charge >= 0.3 is 0 Å². The summed E-state index contributed by atoms with van der Waals surface area (Å²) in [7, 11) is 1.61. The predicted molar refractivity (Wildman–Crippen MR) is 130 cm³/mol. The minimum absolute atomic E-state index is 0.00900. The summed E-state index contributed by atoms with van der Waals surface area (Å²) in [6.45, 7) is 0.462. The molecule has 0 atom stereocenters. The minimum Gasteiger partial charge on any atom is -0.496 e. The molecular formula is C28H22N2O3. The lowest BCUT2D eigenvalue weighted by Gasteiger charge is -2.09. The summed E-state index contributed by atoms with van der Waals surface area (Å²) < 4.78 is 11.2. The first-order valence-corrected chi connectivity index (χ1v) is 10.4. The zero-order valence-electron chi connectivity index (χ0n) is 18.1. The maximum Gasteiger partial charge on any atom is 0.266 e. The number of nitrogens with one attached hydrogen (secondary N) is 1. The van der Waals surface area contributed by atoms with E-state index in [4.69, 9.17) is 9.47 Å². The third-order valence-corrected chi connectivity index (χ3v) is 5.16.